The van der Waals surface area contributed by atoms with Crippen molar-refractivity contribution < 1.29 is 9.59 Å². The fourth-order valence-electron chi connectivity index (χ4n) is 3.60. The van der Waals surface area contributed by atoms with Gasteiger partial charge in [0.05, 0.1) is 6.04 Å². The van der Waals surface area contributed by atoms with E-state index in [2.05, 4.69) is 17.4 Å². The second-order valence-corrected chi connectivity index (χ2v) is 6.63. The molecule has 0 aromatic heterocycles. The lowest BCUT2D eigenvalue weighted by atomic mass is 9.90. The number of hydrogen-bond acceptors (Lipinski definition) is 3. The molecule has 1 saturated heterocycles. The summed E-state index contributed by atoms with van der Waals surface area (Å²) in [5.74, 6) is -0.238. The van der Waals surface area contributed by atoms with Gasteiger partial charge in [-0.2, -0.15) is 0 Å². The third kappa shape index (κ3) is 2.84. The van der Waals surface area contributed by atoms with E-state index in [0.29, 0.717) is 24.4 Å². The highest BCUT2D eigenvalue weighted by atomic mass is 16.2. The largest absolute Gasteiger partial charge is 0.378 e. The molecular formula is C21H20N2O2. The van der Waals surface area contributed by atoms with Gasteiger partial charge in [-0.1, -0.05) is 54.1 Å². The van der Waals surface area contributed by atoms with Crippen LogP contribution in [0.5, 0.6) is 0 Å². The number of nitrogens with zero attached hydrogens (tertiary/aromatic N) is 1. The number of aryl methyl sites for hydroxylation is 1. The van der Waals surface area contributed by atoms with E-state index in [4.69, 9.17) is 0 Å². The summed E-state index contributed by atoms with van der Waals surface area (Å²) in [5, 5.41) is 3.17. The van der Waals surface area contributed by atoms with E-state index in [9.17, 15) is 9.59 Å². The molecule has 4 rings (SSSR count). The number of benzene rings is 2. The van der Waals surface area contributed by atoms with Crippen LogP contribution in [0, 0.1) is 6.92 Å². The Morgan fingerprint density at radius 3 is 2.72 bits per heavy atom. The average molecular weight is 332 g/mol. The number of carbonyl (C=O) groups is 2. The van der Waals surface area contributed by atoms with E-state index in [1.54, 1.807) is 12.1 Å². The van der Waals surface area contributed by atoms with E-state index in [-0.39, 0.29) is 17.7 Å². The monoisotopic (exact) mass is 332 g/mol. The highest BCUT2D eigenvalue weighted by molar-refractivity contribution is 6.09. The Balaban J connectivity index is 1.58. The summed E-state index contributed by atoms with van der Waals surface area (Å²) in [5.41, 5.74) is 4.60. The van der Waals surface area contributed by atoms with Crippen molar-refractivity contribution in [1.82, 2.24) is 10.2 Å². The third-order valence-corrected chi connectivity index (χ3v) is 5.00. The van der Waals surface area contributed by atoms with Gasteiger partial charge in [0.1, 0.15) is 5.70 Å². The summed E-state index contributed by atoms with van der Waals surface area (Å²) < 4.78 is 0. The van der Waals surface area contributed by atoms with E-state index >= 15 is 0 Å². The predicted molar refractivity (Wildman–Crippen MR) is 96.2 cm³/mol. The average Bonchev–Trinajstić information content (AvgIpc) is 2.64. The van der Waals surface area contributed by atoms with Gasteiger partial charge in [-0.3, -0.25) is 9.59 Å². The van der Waals surface area contributed by atoms with Crippen molar-refractivity contribution >= 4 is 11.7 Å². The quantitative estimate of drug-likeness (QED) is 0.680. The molecule has 25 heavy (non-hydrogen) atoms. The van der Waals surface area contributed by atoms with Gasteiger partial charge >= 0.3 is 0 Å². The second kappa shape index (κ2) is 6.20. The first-order chi connectivity index (χ1) is 12.1. The number of rotatable bonds is 2. The van der Waals surface area contributed by atoms with Crippen LogP contribution in [0.2, 0.25) is 0 Å². The normalized spacial score (nSPS) is 20.7. The number of amides is 1. The molecule has 1 fully saturated rings. The summed E-state index contributed by atoms with van der Waals surface area (Å²) in [4.78, 5) is 27.2. The number of hydrogen-bond donors (Lipinski definition) is 1. The lowest BCUT2D eigenvalue weighted by Gasteiger charge is -2.41. The molecule has 4 nitrogen and oxygen atoms in total. The molecule has 126 valence electrons. The second-order valence-electron chi connectivity index (χ2n) is 6.63. The molecular weight excluding hydrogens is 312 g/mol. The van der Waals surface area contributed by atoms with Gasteiger partial charge in [-0.25, -0.2) is 0 Å². The Bertz CT molecular complexity index is 868. The molecule has 4 heteroatoms. The lowest BCUT2D eigenvalue weighted by molar-refractivity contribution is -0.132. The zero-order chi connectivity index (χ0) is 17.4. The zero-order valence-corrected chi connectivity index (χ0v) is 14.2. The maximum Gasteiger partial charge on any atom is 0.270 e. The molecule has 1 atom stereocenters. The Morgan fingerprint density at radius 1 is 1.16 bits per heavy atom. The Morgan fingerprint density at radius 2 is 1.92 bits per heavy atom. The Hall–Kier alpha value is -2.88. The fraction of sp³-hybridized carbons (Fsp3) is 0.238. The van der Waals surface area contributed by atoms with Gasteiger partial charge in [0.15, 0.2) is 5.78 Å². The first-order valence-electron chi connectivity index (χ1n) is 8.59. The van der Waals surface area contributed by atoms with Crippen molar-refractivity contribution in [3.05, 3.63) is 82.6 Å². The van der Waals surface area contributed by atoms with Gasteiger partial charge < -0.3 is 10.2 Å². The zero-order valence-electron chi connectivity index (χ0n) is 14.2. The summed E-state index contributed by atoms with van der Waals surface area (Å²) in [7, 11) is 0. The topological polar surface area (TPSA) is 49.4 Å². The van der Waals surface area contributed by atoms with Crippen LogP contribution < -0.4 is 5.32 Å². The highest BCUT2D eigenvalue weighted by Gasteiger charge is 2.36. The van der Waals surface area contributed by atoms with Gasteiger partial charge in [0.25, 0.3) is 5.91 Å². The molecule has 0 aliphatic carbocycles. The van der Waals surface area contributed by atoms with Crippen LogP contribution in [0.4, 0.5) is 0 Å². The molecule has 1 N–H and O–H groups in total. The van der Waals surface area contributed by atoms with Crippen molar-refractivity contribution in [2.75, 3.05) is 13.1 Å². The van der Waals surface area contributed by atoms with Crippen LogP contribution in [-0.4, -0.2) is 29.7 Å². The Labute approximate surface area is 147 Å². The van der Waals surface area contributed by atoms with Crippen LogP contribution in [0.3, 0.4) is 0 Å². The van der Waals surface area contributed by atoms with Crippen LogP contribution in [0.1, 0.15) is 33.1 Å². The molecule has 2 heterocycles. The SMILES string of the molecule is Cc1ccc(C(=O)/C=C2/NC[C@H]3c4ccccc4CCN3C2=O)cc1. The fourth-order valence-corrected chi connectivity index (χ4v) is 3.60. The Kier molecular flexibility index (Phi) is 3.88. The number of fused-ring (bicyclic) bond motifs is 3. The first kappa shape index (κ1) is 15.6. The molecule has 0 bridgehead atoms. The molecule has 0 unspecified atom stereocenters. The molecule has 2 aliphatic rings. The van der Waals surface area contributed by atoms with Crippen LogP contribution in [0.25, 0.3) is 0 Å². The van der Waals surface area contributed by atoms with Gasteiger partial charge in [0, 0.05) is 24.7 Å². The van der Waals surface area contributed by atoms with E-state index in [1.807, 2.05) is 36.1 Å². The summed E-state index contributed by atoms with van der Waals surface area (Å²) in [6.45, 7) is 3.31. The number of piperazine rings is 1. The third-order valence-electron chi connectivity index (χ3n) is 5.00. The number of nitrogens with one attached hydrogen (secondary N) is 1. The molecule has 2 aliphatic heterocycles. The molecule has 0 radical (unpaired) electrons. The lowest BCUT2D eigenvalue weighted by Crippen LogP contribution is -2.51. The molecule has 0 saturated carbocycles. The molecule has 2 aromatic carbocycles. The van der Waals surface area contributed by atoms with Crippen molar-refractivity contribution in [3.8, 4) is 0 Å². The minimum atomic E-state index is -0.147. The van der Waals surface area contributed by atoms with Crippen molar-refractivity contribution in [3.63, 3.8) is 0 Å². The number of ketones is 1. The summed E-state index contributed by atoms with van der Waals surface area (Å²) >= 11 is 0. The first-order valence-corrected chi connectivity index (χ1v) is 8.59. The van der Waals surface area contributed by atoms with E-state index < -0.39 is 0 Å². The number of carbonyl (C=O) groups excluding carboxylic acids is 2. The summed E-state index contributed by atoms with van der Waals surface area (Å²) in [6.07, 6.45) is 2.29. The van der Waals surface area contributed by atoms with E-state index in [1.165, 1.54) is 17.2 Å². The minimum Gasteiger partial charge on any atom is -0.378 e. The summed E-state index contributed by atoms with van der Waals surface area (Å²) in [6, 6.07) is 15.7. The standard InChI is InChI=1S/C21H20N2O2/c1-14-6-8-16(9-7-14)20(24)12-18-21(25)23-11-10-15-4-2-3-5-17(15)19(23)13-22-18/h2-9,12,19,22H,10-11,13H2,1H3/b18-12+/t19-/m0/s1. The predicted octanol–water partition coefficient (Wildman–Crippen LogP) is 2.79. The molecule has 0 spiro atoms. The van der Waals surface area contributed by atoms with Crippen molar-refractivity contribution in [1.29, 1.82) is 0 Å². The smallest absolute Gasteiger partial charge is 0.270 e. The molecule has 2 aromatic rings. The van der Waals surface area contributed by atoms with Crippen LogP contribution >= 0.6 is 0 Å². The van der Waals surface area contributed by atoms with E-state index in [0.717, 1.165) is 12.0 Å². The van der Waals surface area contributed by atoms with Gasteiger partial charge in [-0.05, 0) is 24.5 Å². The molecule has 1 amide bonds. The maximum absolute atomic E-state index is 12.8. The van der Waals surface area contributed by atoms with Gasteiger partial charge in [-0.15, -0.1) is 0 Å². The number of allylic oxidation sites excluding steroid dienone is 1. The van der Waals surface area contributed by atoms with Crippen LogP contribution in [-0.2, 0) is 11.2 Å². The van der Waals surface area contributed by atoms with Gasteiger partial charge in [0.2, 0.25) is 0 Å². The highest BCUT2D eigenvalue weighted by Crippen LogP contribution is 2.32. The van der Waals surface area contributed by atoms with Crippen molar-refractivity contribution in [2.45, 2.75) is 19.4 Å². The maximum atomic E-state index is 12.8. The van der Waals surface area contributed by atoms with Crippen LogP contribution in [0.15, 0.2) is 60.3 Å². The minimum absolute atomic E-state index is 0.0454. The van der Waals surface area contributed by atoms with Crippen molar-refractivity contribution in [2.24, 2.45) is 0 Å².